The molecule has 3 atom stereocenters. The van der Waals surface area contributed by atoms with Crippen molar-refractivity contribution in [3.8, 4) is 11.5 Å². The summed E-state index contributed by atoms with van der Waals surface area (Å²) in [6, 6.07) is 7.44. The van der Waals surface area contributed by atoms with E-state index in [2.05, 4.69) is 0 Å². The molecular weight excluding hydrogens is 326 g/mol. The van der Waals surface area contributed by atoms with Gasteiger partial charge in [0.05, 0.1) is 6.54 Å². The van der Waals surface area contributed by atoms with Gasteiger partial charge in [-0.2, -0.15) is 0 Å². The number of fused-ring (bicyclic) bond motifs is 1. The van der Waals surface area contributed by atoms with Gasteiger partial charge in [0.15, 0.2) is 23.7 Å². The summed E-state index contributed by atoms with van der Waals surface area (Å²) >= 11 is 0. The third kappa shape index (κ3) is 4.04. The van der Waals surface area contributed by atoms with E-state index < -0.39 is 18.2 Å². The summed E-state index contributed by atoms with van der Waals surface area (Å²) in [6.45, 7) is 3.31. The Bertz CT molecular complexity index is 634. The van der Waals surface area contributed by atoms with Crippen molar-refractivity contribution >= 4 is 11.9 Å². The number of aliphatic carboxylic acids is 1. The fourth-order valence-corrected chi connectivity index (χ4v) is 3.16. The minimum atomic E-state index is -1.02. The Morgan fingerprint density at radius 1 is 1.20 bits per heavy atom. The van der Waals surface area contributed by atoms with E-state index in [0.29, 0.717) is 44.0 Å². The molecule has 1 unspecified atom stereocenters. The van der Waals surface area contributed by atoms with Gasteiger partial charge in [-0.15, -0.1) is 0 Å². The molecule has 0 saturated carbocycles. The number of carbonyl (C=O) groups excluding carboxylic acids is 1. The van der Waals surface area contributed by atoms with E-state index in [1.807, 2.05) is 31.2 Å². The summed E-state index contributed by atoms with van der Waals surface area (Å²) in [6.07, 6.45) is -0.251. The van der Waals surface area contributed by atoms with Crippen LogP contribution in [0.15, 0.2) is 24.3 Å². The van der Waals surface area contributed by atoms with Crippen LogP contribution in [0.5, 0.6) is 11.5 Å². The Kier molecular flexibility index (Phi) is 5.43. The highest BCUT2D eigenvalue weighted by Gasteiger charge is 2.37. The van der Waals surface area contributed by atoms with Crippen LogP contribution in [-0.2, 0) is 14.3 Å². The summed E-state index contributed by atoms with van der Waals surface area (Å²) in [5, 5.41) is 9.02. The van der Waals surface area contributed by atoms with Gasteiger partial charge in [0.2, 0.25) is 0 Å². The minimum absolute atomic E-state index is 0.173. The van der Waals surface area contributed by atoms with Crippen molar-refractivity contribution in [2.45, 2.75) is 44.5 Å². The highest BCUT2D eigenvalue weighted by molar-refractivity contribution is 5.82. The monoisotopic (exact) mass is 349 g/mol. The maximum absolute atomic E-state index is 12.7. The molecule has 1 N–H and O–H groups in total. The predicted octanol–water partition coefficient (Wildman–Crippen LogP) is 1.70. The molecule has 2 heterocycles. The molecule has 1 saturated heterocycles. The van der Waals surface area contributed by atoms with Crippen LogP contribution in [0.3, 0.4) is 0 Å². The molecule has 2 aliphatic heterocycles. The molecule has 7 heteroatoms. The maximum atomic E-state index is 12.7. The zero-order chi connectivity index (χ0) is 17.8. The first-order chi connectivity index (χ1) is 12.1. The van der Waals surface area contributed by atoms with E-state index in [4.69, 9.17) is 19.3 Å². The van der Waals surface area contributed by atoms with Crippen molar-refractivity contribution < 1.29 is 28.9 Å². The van der Waals surface area contributed by atoms with Gasteiger partial charge in [0, 0.05) is 6.54 Å². The number of carboxylic acids is 1. The first kappa shape index (κ1) is 17.5. The lowest BCUT2D eigenvalue weighted by molar-refractivity contribution is -0.155. The number of amides is 1. The number of hydrogen-bond acceptors (Lipinski definition) is 5. The average Bonchev–Trinajstić information content (AvgIpc) is 3.11. The molecule has 0 bridgehead atoms. The molecular formula is C18H23NO6. The molecule has 7 nitrogen and oxygen atoms in total. The Balaban J connectivity index is 1.62. The number of nitrogens with zero attached hydrogens (tertiary/aromatic N) is 1. The maximum Gasteiger partial charge on any atom is 0.332 e. The summed E-state index contributed by atoms with van der Waals surface area (Å²) < 4.78 is 17.0. The number of para-hydroxylation sites is 2. The number of carboxylic acid groups (broad SMARTS) is 1. The van der Waals surface area contributed by atoms with Gasteiger partial charge in [-0.3, -0.25) is 4.79 Å². The Labute approximate surface area is 146 Å². The molecule has 3 rings (SSSR count). The lowest BCUT2D eigenvalue weighted by Crippen LogP contribution is -2.47. The third-order valence-corrected chi connectivity index (χ3v) is 4.37. The fraction of sp³-hybridized carbons (Fsp3) is 0.556. The van der Waals surface area contributed by atoms with Gasteiger partial charge < -0.3 is 24.2 Å². The number of carbonyl (C=O) groups is 2. The number of ether oxygens (including phenoxy) is 3. The van der Waals surface area contributed by atoms with Gasteiger partial charge in [0.25, 0.3) is 5.91 Å². The van der Waals surface area contributed by atoms with Crippen LogP contribution in [0.25, 0.3) is 0 Å². The van der Waals surface area contributed by atoms with Crippen LogP contribution >= 0.6 is 0 Å². The highest BCUT2D eigenvalue weighted by Crippen LogP contribution is 2.31. The Morgan fingerprint density at radius 3 is 2.60 bits per heavy atom. The predicted molar refractivity (Wildman–Crippen MR) is 88.8 cm³/mol. The van der Waals surface area contributed by atoms with Crippen LogP contribution in [0.2, 0.25) is 0 Å². The molecule has 1 aromatic rings. The lowest BCUT2D eigenvalue weighted by atomic mass is 10.1. The molecule has 136 valence electrons. The van der Waals surface area contributed by atoms with Crippen molar-refractivity contribution in [1.29, 1.82) is 0 Å². The zero-order valence-corrected chi connectivity index (χ0v) is 14.2. The summed E-state index contributed by atoms with van der Waals surface area (Å²) in [7, 11) is 0. The summed E-state index contributed by atoms with van der Waals surface area (Å²) in [5.74, 6) is 0.187. The second kappa shape index (κ2) is 7.74. The van der Waals surface area contributed by atoms with E-state index in [-0.39, 0.29) is 12.0 Å². The van der Waals surface area contributed by atoms with E-state index in [9.17, 15) is 9.59 Å². The molecule has 0 radical (unpaired) electrons. The van der Waals surface area contributed by atoms with Crippen LogP contribution < -0.4 is 9.47 Å². The topological polar surface area (TPSA) is 85.3 Å². The van der Waals surface area contributed by atoms with Crippen molar-refractivity contribution in [3.63, 3.8) is 0 Å². The number of rotatable bonds is 6. The fourth-order valence-electron chi connectivity index (χ4n) is 3.16. The van der Waals surface area contributed by atoms with Crippen molar-refractivity contribution in [1.82, 2.24) is 4.90 Å². The first-order valence-corrected chi connectivity index (χ1v) is 8.64. The van der Waals surface area contributed by atoms with E-state index >= 15 is 0 Å². The van der Waals surface area contributed by atoms with Crippen LogP contribution in [-0.4, -0.2) is 59.9 Å². The quantitative estimate of drug-likeness (QED) is 0.841. The first-order valence-electron chi connectivity index (χ1n) is 8.64. The SMILES string of the molecule is CCCN(CC1COc2ccccc2O1)C(=O)[C@@H]1CC[C@H](C(=O)O)O1. The van der Waals surface area contributed by atoms with Crippen molar-refractivity contribution in [3.05, 3.63) is 24.3 Å². The van der Waals surface area contributed by atoms with Gasteiger partial charge in [0.1, 0.15) is 12.7 Å². The highest BCUT2D eigenvalue weighted by atomic mass is 16.6. The lowest BCUT2D eigenvalue weighted by Gasteiger charge is -2.32. The van der Waals surface area contributed by atoms with Crippen LogP contribution in [0.1, 0.15) is 26.2 Å². The van der Waals surface area contributed by atoms with Crippen molar-refractivity contribution in [2.75, 3.05) is 19.7 Å². The smallest absolute Gasteiger partial charge is 0.332 e. The van der Waals surface area contributed by atoms with Gasteiger partial charge in [-0.1, -0.05) is 19.1 Å². The molecule has 0 aromatic heterocycles. The molecule has 1 fully saturated rings. The van der Waals surface area contributed by atoms with Crippen molar-refractivity contribution in [2.24, 2.45) is 0 Å². The molecule has 1 aromatic carbocycles. The third-order valence-electron chi connectivity index (χ3n) is 4.37. The largest absolute Gasteiger partial charge is 0.486 e. The average molecular weight is 349 g/mol. The van der Waals surface area contributed by atoms with E-state index in [1.165, 1.54) is 0 Å². The van der Waals surface area contributed by atoms with Gasteiger partial charge >= 0.3 is 5.97 Å². The zero-order valence-electron chi connectivity index (χ0n) is 14.2. The van der Waals surface area contributed by atoms with E-state index in [0.717, 1.165) is 6.42 Å². The van der Waals surface area contributed by atoms with E-state index in [1.54, 1.807) is 4.90 Å². The second-order valence-corrected chi connectivity index (χ2v) is 6.31. The number of benzene rings is 1. The second-order valence-electron chi connectivity index (χ2n) is 6.31. The van der Waals surface area contributed by atoms with Gasteiger partial charge in [-0.05, 0) is 31.4 Å². The number of hydrogen-bond donors (Lipinski definition) is 1. The molecule has 0 aliphatic carbocycles. The van der Waals surface area contributed by atoms with Crippen LogP contribution in [0.4, 0.5) is 0 Å². The van der Waals surface area contributed by atoms with Crippen LogP contribution in [0, 0.1) is 0 Å². The Morgan fingerprint density at radius 2 is 1.92 bits per heavy atom. The molecule has 1 amide bonds. The summed E-state index contributed by atoms with van der Waals surface area (Å²) in [5.41, 5.74) is 0. The Hall–Kier alpha value is -2.28. The van der Waals surface area contributed by atoms with Gasteiger partial charge in [-0.25, -0.2) is 4.79 Å². The standard InChI is InChI=1S/C18H23NO6/c1-2-9-19(17(20)15-7-8-16(25-15)18(21)22)10-12-11-23-13-5-3-4-6-14(13)24-12/h3-6,12,15-16H,2,7-11H2,1H3,(H,21,22)/t12?,15-,16+/m0/s1. The molecule has 25 heavy (non-hydrogen) atoms. The summed E-state index contributed by atoms with van der Waals surface area (Å²) in [4.78, 5) is 25.4. The minimum Gasteiger partial charge on any atom is -0.486 e. The molecule has 2 aliphatic rings. The molecule has 0 spiro atoms. The normalized spacial score (nSPS) is 24.8.